The molecule has 0 radical (unpaired) electrons. The molecule has 0 spiro atoms. The van der Waals surface area contributed by atoms with Gasteiger partial charge in [-0.25, -0.2) is 4.98 Å². The number of hydrogen-bond donors (Lipinski definition) is 1. The molecule has 1 fully saturated rings. The number of carbonyl (C=O) groups is 3. The Kier molecular flexibility index (Phi) is 4.39. The molecule has 1 aliphatic carbocycles. The van der Waals surface area contributed by atoms with Gasteiger partial charge in [-0.2, -0.15) is 11.3 Å². The first-order valence-electron chi connectivity index (χ1n) is 8.27. The summed E-state index contributed by atoms with van der Waals surface area (Å²) in [6.07, 6.45) is 2.78. The number of ketones is 1. The average Bonchev–Trinajstić information content (AvgIpc) is 3.34. The summed E-state index contributed by atoms with van der Waals surface area (Å²) in [6.45, 7) is 1.57. The van der Waals surface area contributed by atoms with Gasteiger partial charge in [0.25, 0.3) is 5.91 Å². The maximum absolute atomic E-state index is 12.6. The van der Waals surface area contributed by atoms with Crippen molar-refractivity contribution in [2.75, 3.05) is 18.4 Å². The Hall–Kier alpha value is -2.06. The van der Waals surface area contributed by atoms with E-state index >= 15 is 0 Å². The van der Waals surface area contributed by atoms with E-state index in [1.807, 2.05) is 10.3 Å². The van der Waals surface area contributed by atoms with Gasteiger partial charge >= 0.3 is 0 Å². The Balaban J connectivity index is 1.50. The number of rotatable bonds is 3. The third kappa shape index (κ3) is 3.23. The number of nitrogens with zero attached hydrogens (tertiary/aromatic N) is 2. The molecular weight excluding hydrogens is 358 g/mol. The van der Waals surface area contributed by atoms with Gasteiger partial charge in [0.15, 0.2) is 10.9 Å². The van der Waals surface area contributed by atoms with Gasteiger partial charge in [0, 0.05) is 31.3 Å². The quantitative estimate of drug-likeness (QED) is 0.895. The molecule has 1 N–H and O–H groups in total. The average molecular weight is 375 g/mol. The van der Waals surface area contributed by atoms with Crippen LogP contribution in [0, 0.1) is 5.92 Å². The van der Waals surface area contributed by atoms with E-state index in [2.05, 4.69) is 10.3 Å². The SMILES string of the molecule is O=C(Nc1nc2c(s1)C(=O)C[C@@H](C(=O)N1CCCC1)C2)c1ccsc1. The summed E-state index contributed by atoms with van der Waals surface area (Å²) in [6, 6.07) is 1.74. The molecule has 8 heteroatoms. The monoisotopic (exact) mass is 375 g/mol. The third-order valence-corrected chi connectivity index (χ3v) is 6.33. The highest BCUT2D eigenvalue weighted by molar-refractivity contribution is 7.17. The summed E-state index contributed by atoms with van der Waals surface area (Å²) in [5.41, 5.74) is 1.21. The molecular formula is C17H17N3O3S2. The van der Waals surface area contributed by atoms with Crippen molar-refractivity contribution >= 4 is 45.4 Å². The Bertz CT molecular complexity index is 822. The van der Waals surface area contributed by atoms with Crippen molar-refractivity contribution < 1.29 is 14.4 Å². The van der Waals surface area contributed by atoms with Gasteiger partial charge in [-0.15, -0.1) is 0 Å². The van der Waals surface area contributed by atoms with E-state index in [4.69, 9.17) is 0 Å². The molecule has 2 aromatic heterocycles. The maximum Gasteiger partial charge on any atom is 0.258 e. The fourth-order valence-electron chi connectivity index (χ4n) is 3.32. The number of fused-ring (bicyclic) bond motifs is 1. The van der Waals surface area contributed by atoms with Crippen LogP contribution in [0.1, 0.15) is 45.0 Å². The summed E-state index contributed by atoms with van der Waals surface area (Å²) in [5, 5.41) is 6.76. The van der Waals surface area contributed by atoms with Crippen molar-refractivity contribution in [3.8, 4) is 0 Å². The zero-order chi connectivity index (χ0) is 17.4. The smallest absolute Gasteiger partial charge is 0.258 e. The van der Waals surface area contributed by atoms with Crippen LogP contribution < -0.4 is 5.32 Å². The number of aromatic nitrogens is 1. The van der Waals surface area contributed by atoms with Crippen LogP contribution in [0.15, 0.2) is 16.8 Å². The molecule has 2 aromatic rings. The minimum absolute atomic E-state index is 0.0488. The first-order chi connectivity index (χ1) is 12.1. The van der Waals surface area contributed by atoms with E-state index in [1.165, 1.54) is 22.7 Å². The molecule has 0 unspecified atom stereocenters. The lowest BCUT2D eigenvalue weighted by atomic mass is 9.89. The molecule has 6 nitrogen and oxygen atoms in total. The second kappa shape index (κ2) is 6.68. The van der Waals surface area contributed by atoms with Gasteiger partial charge in [0.1, 0.15) is 0 Å². The van der Waals surface area contributed by atoms with Crippen molar-refractivity contribution in [2.24, 2.45) is 5.92 Å². The Labute approximate surface area is 152 Å². The minimum atomic E-state index is -0.319. The van der Waals surface area contributed by atoms with Gasteiger partial charge in [0.2, 0.25) is 5.91 Å². The molecule has 1 saturated heterocycles. The zero-order valence-electron chi connectivity index (χ0n) is 13.5. The van der Waals surface area contributed by atoms with Gasteiger partial charge in [-0.05, 0) is 24.3 Å². The standard InChI is InChI=1S/C17H17N3O3S2/c21-13-8-11(16(23)20-4-1-2-5-20)7-12-14(13)25-17(18-12)19-15(22)10-3-6-24-9-10/h3,6,9,11H,1-2,4-5,7-8H2,(H,18,19,22)/t11-/m0/s1. The molecule has 3 heterocycles. The predicted molar refractivity (Wildman–Crippen MR) is 96.3 cm³/mol. The highest BCUT2D eigenvalue weighted by atomic mass is 32.1. The van der Waals surface area contributed by atoms with Crippen LogP contribution in [-0.2, 0) is 11.2 Å². The second-order valence-electron chi connectivity index (χ2n) is 6.32. The van der Waals surface area contributed by atoms with E-state index in [-0.39, 0.29) is 29.9 Å². The van der Waals surface area contributed by atoms with E-state index in [0.29, 0.717) is 27.7 Å². The van der Waals surface area contributed by atoms with Gasteiger partial charge < -0.3 is 4.90 Å². The van der Waals surface area contributed by atoms with E-state index < -0.39 is 0 Å². The fraction of sp³-hybridized carbons (Fsp3) is 0.412. The number of thiazole rings is 1. The number of carbonyl (C=O) groups excluding carboxylic acids is 3. The summed E-state index contributed by atoms with van der Waals surface area (Å²) in [4.78, 5) is 44.0. The first-order valence-corrected chi connectivity index (χ1v) is 10.0. The molecule has 2 aliphatic rings. The maximum atomic E-state index is 12.6. The summed E-state index contributed by atoms with van der Waals surface area (Å²) < 4.78 is 0. The predicted octanol–water partition coefficient (Wildman–Crippen LogP) is 2.82. The number of likely N-dealkylation sites (tertiary alicyclic amines) is 1. The number of hydrogen-bond acceptors (Lipinski definition) is 6. The number of Topliss-reactive ketones (excluding diaryl/α,β-unsaturated/α-hetero) is 1. The van der Waals surface area contributed by atoms with Crippen LogP contribution >= 0.6 is 22.7 Å². The normalized spacial score (nSPS) is 19.8. The Morgan fingerprint density at radius 1 is 1.24 bits per heavy atom. The van der Waals surface area contributed by atoms with Crippen molar-refractivity contribution in [3.05, 3.63) is 33.0 Å². The number of anilines is 1. The number of thiophene rings is 1. The molecule has 25 heavy (non-hydrogen) atoms. The second-order valence-corrected chi connectivity index (χ2v) is 8.10. The van der Waals surface area contributed by atoms with Crippen molar-refractivity contribution in [1.29, 1.82) is 0 Å². The van der Waals surface area contributed by atoms with E-state index in [0.717, 1.165) is 25.9 Å². The zero-order valence-corrected chi connectivity index (χ0v) is 15.1. The van der Waals surface area contributed by atoms with Gasteiger partial charge in [-0.3, -0.25) is 19.7 Å². The summed E-state index contributed by atoms with van der Waals surface area (Å²) >= 11 is 2.65. The van der Waals surface area contributed by atoms with Crippen molar-refractivity contribution in [1.82, 2.24) is 9.88 Å². The minimum Gasteiger partial charge on any atom is -0.342 e. The van der Waals surface area contributed by atoms with Crippen LogP contribution in [0.25, 0.3) is 0 Å². The lowest BCUT2D eigenvalue weighted by Crippen LogP contribution is -2.37. The Morgan fingerprint density at radius 2 is 2.04 bits per heavy atom. The lowest BCUT2D eigenvalue weighted by molar-refractivity contribution is -0.134. The molecule has 0 saturated carbocycles. The molecule has 2 amide bonds. The molecule has 1 aliphatic heterocycles. The molecule has 130 valence electrons. The molecule has 0 aromatic carbocycles. The topological polar surface area (TPSA) is 79.4 Å². The first kappa shape index (κ1) is 16.4. The number of nitrogens with one attached hydrogen (secondary N) is 1. The van der Waals surface area contributed by atoms with Crippen LogP contribution in [0.2, 0.25) is 0 Å². The van der Waals surface area contributed by atoms with Crippen LogP contribution in [-0.4, -0.2) is 40.6 Å². The van der Waals surface area contributed by atoms with Crippen molar-refractivity contribution in [2.45, 2.75) is 25.7 Å². The highest BCUT2D eigenvalue weighted by Crippen LogP contribution is 2.33. The third-order valence-electron chi connectivity index (χ3n) is 4.59. The summed E-state index contributed by atoms with van der Waals surface area (Å²) in [7, 11) is 0. The van der Waals surface area contributed by atoms with E-state index in [1.54, 1.807) is 11.4 Å². The Morgan fingerprint density at radius 3 is 2.76 bits per heavy atom. The summed E-state index contributed by atoms with van der Waals surface area (Å²) in [5.74, 6) is -0.536. The highest BCUT2D eigenvalue weighted by Gasteiger charge is 2.35. The molecule has 0 bridgehead atoms. The van der Waals surface area contributed by atoms with Gasteiger partial charge in [0.05, 0.1) is 22.1 Å². The van der Waals surface area contributed by atoms with Crippen LogP contribution in [0.4, 0.5) is 5.13 Å². The van der Waals surface area contributed by atoms with Crippen LogP contribution in [0.5, 0.6) is 0 Å². The van der Waals surface area contributed by atoms with Crippen LogP contribution in [0.3, 0.4) is 0 Å². The largest absolute Gasteiger partial charge is 0.342 e. The van der Waals surface area contributed by atoms with E-state index in [9.17, 15) is 14.4 Å². The number of amides is 2. The molecule has 1 atom stereocenters. The molecule has 4 rings (SSSR count). The fourth-order valence-corrected chi connectivity index (χ4v) is 4.89. The van der Waals surface area contributed by atoms with Gasteiger partial charge in [-0.1, -0.05) is 11.3 Å². The lowest BCUT2D eigenvalue weighted by Gasteiger charge is -2.24. The van der Waals surface area contributed by atoms with Crippen molar-refractivity contribution in [3.63, 3.8) is 0 Å².